The minimum Gasteiger partial charge on any atom is -0.328 e. The van der Waals surface area contributed by atoms with Crippen LogP contribution in [0.15, 0.2) is 41.3 Å². The summed E-state index contributed by atoms with van der Waals surface area (Å²) >= 11 is 0. The lowest BCUT2D eigenvalue weighted by Crippen LogP contribution is -2.58. The van der Waals surface area contributed by atoms with E-state index < -0.39 is 5.69 Å². The highest BCUT2D eigenvalue weighted by Gasteiger charge is 2.51. The minimum atomic E-state index is -0.419. The van der Waals surface area contributed by atoms with Gasteiger partial charge in [-0.2, -0.15) is 4.98 Å². The third kappa shape index (κ3) is 4.95. The van der Waals surface area contributed by atoms with Gasteiger partial charge in [0.15, 0.2) is 0 Å². The molecule has 1 aromatic heterocycles. The number of carbonyl (C=O) groups excluding carboxylic acids is 1. The number of nitrogens with zero attached hydrogens (tertiary/aromatic N) is 3. The van der Waals surface area contributed by atoms with E-state index in [9.17, 15) is 9.59 Å². The van der Waals surface area contributed by atoms with Crippen molar-refractivity contribution in [1.82, 2.24) is 25.1 Å². The van der Waals surface area contributed by atoms with Gasteiger partial charge in [-0.25, -0.2) is 9.59 Å². The molecule has 176 valence electrons. The summed E-state index contributed by atoms with van der Waals surface area (Å²) < 4.78 is 1.49. The van der Waals surface area contributed by atoms with Crippen LogP contribution in [0.5, 0.6) is 0 Å². The summed E-state index contributed by atoms with van der Waals surface area (Å²) in [5.74, 6) is 0.268. The van der Waals surface area contributed by atoms with E-state index in [-0.39, 0.29) is 11.8 Å². The molecule has 2 heterocycles. The number of amides is 2. The van der Waals surface area contributed by atoms with Gasteiger partial charge in [-0.05, 0) is 67.8 Å². The van der Waals surface area contributed by atoms with Crippen molar-refractivity contribution in [2.75, 3.05) is 38.0 Å². The van der Waals surface area contributed by atoms with Crippen molar-refractivity contribution < 1.29 is 4.79 Å². The highest BCUT2D eigenvalue weighted by atomic mass is 16.2. The molecule has 2 saturated carbocycles. The number of carbonyl (C=O) groups is 1. The van der Waals surface area contributed by atoms with Gasteiger partial charge in [0, 0.05) is 44.5 Å². The van der Waals surface area contributed by atoms with Gasteiger partial charge in [-0.1, -0.05) is 12.1 Å². The number of nitrogens with one attached hydrogen (secondary N) is 3. The highest BCUT2D eigenvalue weighted by molar-refractivity contribution is 5.88. The summed E-state index contributed by atoms with van der Waals surface area (Å²) in [6.45, 7) is 3.77. The minimum absolute atomic E-state index is 0.229. The average molecular weight is 452 g/mol. The molecule has 33 heavy (non-hydrogen) atoms. The number of benzene rings is 1. The fraction of sp³-hybridized carbons (Fsp3) is 0.542. The van der Waals surface area contributed by atoms with E-state index in [0.29, 0.717) is 30.6 Å². The largest absolute Gasteiger partial charge is 0.354 e. The first-order valence-corrected chi connectivity index (χ1v) is 11.9. The molecule has 0 atom stereocenters. The topological polar surface area (TPSA) is 117 Å². The van der Waals surface area contributed by atoms with Crippen molar-refractivity contribution in [3.05, 3.63) is 52.6 Å². The third-order valence-corrected chi connectivity index (χ3v) is 7.25. The van der Waals surface area contributed by atoms with Gasteiger partial charge in [-0.3, -0.25) is 9.88 Å². The first kappa shape index (κ1) is 22.1. The maximum absolute atomic E-state index is 12.5. The van der Waals surface area contributed by atoms with Crippen molar-refractivity contribution in [3.63, 3.8) is 0 Å². The second-order valence-corrected chi connectivity index (χ2v) is 9.78. The molecular weight excluding hydrogens is 418 g/mol. The number of nitrogens with two attached hydrogens (primary N) is 1. The van der Waals surface area contributed by atoms with Crippen LogP contribution in [0.1, 0.15) is 31.2 Å². The molecule has 2 aliphatic carbocycles. The quantitative estimate of drug-likeness (QED) is 0.522. The summed E-state index contributed by atoms with van der Waals surface area (Å²) in [5, 5.41) is 9.58. The Balaban J connectivity index is 1.11. The van der Waals surface area contributed by atoms with E-state index in [1.807, 2.05) is 12.1 Å². The van der Waals surface area contributed by atoms with Gasteiger partial charge in [0.2, 0.25) is 0 Å². The van der Waals surface area contributed by atoms with E-state index in [1.54, 1.807) is 17.2 Å². The van der Waals surface area contributed by atoms with Gasteiger partial charge in [-0.15, -0.1) is 0 Å². The van der Waals surface area contributed by atoms with E-state index in [1.165, 1.54) is 35.8 Å². The van der Waals surface area contributed by atoms with Gasteiger partial charge < -0.3 is 21.3 Å². The van der Waals surface area contributed by atoms with Crippen LogP contribution in [0.4, 0.5) is 10.6 Å². The van der Waals surface area contributed by atoms with Gasteiger partial charge in [0.25, 0.3) is 0 Å². The van der Waals surface area contributed by atoms with Crippen molar-refractivity contribution in [2.45, 2.75) is 44.2 Å². The van der Waals surface area contributed by atoms with Crippen molar-refractivity contribution in [1.29, 1.82) is 0 Å². The van der Waals surface area contributed by atoms with Gasteiger partial charge >= 0.3 is 11.7 Å². The molecule has 3 fully saturated rings. The molecule has 2 amide bonds. The number of anilines is 1. The Labute approximate surface area is 193 Å². The molecule has 0 unspecified atom stereocenters. The first-order chi connectivity index (χ1) is 16.0. The standard InChI is InChI=1S/C24H33N7O2/c25-18-13-24(14-18)15-19(16-24)27-7-5-17-1-3-20(4-2-17)31-10-6-21(29-23(31)33)28-22(32)30-11-8-26-9-12-30/h1-4,6,10,18-19,26-27H,5,7-9,11-16,25H2,(H,28,29,32,33). The number of aromatic nitrogens is 2. The summed E-state index contributed by atoms with van der Waals surface area (Å²) in [5.41, 5.74) is 8.06. The number of rotatable bonds is 6. The Kier molecular flexibility index (Phi) is 6.18. The fourth-order valence-corrected chi connectivity index (χ4v) is 5.49. The molecule has 0 bridgehead atoms. The van der Waals surface area contributed by atoms with E-state index in [2.05, 4.69) is 33.1 Å². The Morgan fingerprint density at radius 2 is 1.85 bits per heavy atom. The Hall–Kier alpha value is -2.75. The average Bonchev–Trinajstić information content (AvgIpc) is 2.78. The van der Waals surface area contributed by atoms with Crippen LogP contribution in [0.2, 0.25) is 0 Å². The molecule has 2 aromatic rings. The summed E-state index contributed by atoms with van der Waals surface area (Å²) in [6.07, 6.45) is 7.53. The van der Waals surface area contributed by atoms with Crippen molar-refractivity contribution in [2.24, 2.45) is 11.1 Å². The zero-order valence-electron chi connectivity index (χ0n) is 18.9. The molecule has 1 aliphatic heterocycles. The van der Waals surface area contributed by atoms with Crippen LogP contribution in [-0.2, 0) is 6.42 Å². The maximum atomic E-state index is 12.5. The zero-order valence-corrected chi connectivity index (χ0v) is 18.9. The summed E-state index contributed by atoms with van der Waals surface area (Å²) in [4.78, 5) is 30.6. The Morgan fingerprint density at radius 3 is 2.52 bits per heavy atom. The van der Waals surface area contributed by atoms with Crippen LogP contribution in [0, 0.1) is 5.41 Å². The first-order valence-electron chi connectivity index (χ1n) is 11.9. The fourth-order valence-electron chi connectivity index (χ4n) is 5.49. The highest BCUT2D eigenvalue weighted by Crippen LogP contribution is 2.55. The molecule has 1 spiro atoms. The molecule has 1 aromatic carbocycles. The van der Waals surface area contributed by atoms with Gasteiger partial charge in [0.05, 0.1) is 5.69 Å². The molecule has 1 saturated heterocycles. The lowest BCUT2D eigenvalue weighted by molar-refractivity contribution is -0.0176. The van der Waals surface area contributed by atoms with Crippen LogP contribution in [0.3, 0.4) is 0 Å². The number of urea groups is 1. The third-order valence-electron chi connectivity index (χ3n) is 7.25. The number of piperazine rings is 1. The van der Waals surface area contributed by atoms with Crippen molar-refractivity contribution >= 4 is 11.8 Å². The Morgan fingerprint density at radius 1 is 1.12 bits per heavy atom. The zero-order chi connectivity index (χ0) is 22.8. The van der Waals surface area contributed by atoms with Crippen LogP contribution in [0.25, 0.3) is 5.69 Å². The molecule has 9 heteroatoms. The van der Waals surface area contributed by atoms with E-state index in [0.717, 1.165) is 31.7 Å². The molecule has 9 nitrogen and oxygen atoms in total. The molecular formula is C24H33N7O2. The maximum Gasteiger partial charge on any atom is 0.354 e. The van der Waals surface area contributed by atoms with Crippen LogP contribution >= 0.6 is 0 Å². The molecule has 5 rings (SSSR count). The van der Waals surface area contributed by atoms with E-state index in [4.69, 9.17) is 5.73 Å². The van der Waals surface area contributed by atoms with Crippen LogP contribution < -0.4 is 27.4 Å². The Bertz CT molecular complexity index is 1030. The van der Waals surface area contributed by atoms with Gasteiger partial charge in [0.1, 0.15) is 5.82 Å². The van der Waals surface area contributed by atoms with Crippen LogP contribution in [-0.4, -0.2) is 65.3 Å². The second kappa shape index (κ2) is 9.24. The number of hydrogen-bond donors (Lipinski definition) is 4. The van der Waals surface area contributed by atoms with Crippen molar-refractivity contribution in [3.8, 4) is 5.69 Å². The molecule has 5 N–H and O–H groups in total. The smallest absolute Gasteiger partial charge is 0.328 e. The SMILES string of the molecule is NC1CC2(C1)CC(NCCc1ccc(-n3ccc(NC(=O)N4CCNCC4)nc3=O)cc1)C2. The molecule has 3 aliphatic rings. The summed E-state index contributed by atoms with van der Waals surface area (Å²) in [6, 6.07) is 10.5. The lowest BCUT2D eigenvalue weighted by Gasteiger charge is -2.57. The number of hydrogen-bond acceptors (Lipinski definition) is 6. The van der Waals surface area contributed by atoms with E-state index >= 15 is 0 Å². The summed E-state index contributed by atoms with van der Waals surface area (Å²) in [7, 11) is 0. The lowest BCUT2D eigenvalue weighted by atomic mass is 9.52. The predicted octanol–water partition coefficient (Wildman–Crippen LogP) is 1.07. The second-order valence-electron chi connectivity index (χ2n) is 9.78. The predicted molar refractivity (Wildman–Crippen MR) is 128 cm³/mol. The molecule has 0 radical (unpaired) electrons. The normalized spacial score (nSPS) is 26.5. The monoisotopic (exact) mass is 451 g/mol.